The minimum atomic E-state index is -6.14. The number of nitrogens with one attached hydrogen (secondary N) is 1. The molecule has 0 saturated carbocycles. The number of aryl methyl sites for hydroxylation is 1. The highest BCUT2D eigenvalue weighted by Crippen LogP contribution is 2.51. The number of likely N-dealkylation sites (N-methyl/N-ethyl adjacent to an activating group) is 1. The topological polar surface area (TPSA) is 107 Å². The summed E-state index contributed by atoms with van der Waals surface area (Å²) in [6.45, 7) is 0.350. The fourth-order valence-electron chi connectivity index (χ4n) is 6.13. The number of carbonyl (C=O) groups is 1. The number of aliphatic hydroxyl groups is 2. The molecule has 4 aliphatic rings. The Morgan fingerprint density at radius 1 is 1.07 bits per heavy atom. The normalized spacial score (nSPS) is 28.3. The smallest absolute Gasteiger partial charge is 0.380 e. The van der Waals surface area contributed by atoms with Gasteiger partial charge in [-0.3, -0.25) is 9.62 Å². The summed E-state index contributed by atoms with van der Waals surface area (Å²) in [5, 5.41) is 23.1. The van der Waals surface area contributed by atoms with Crippen LogP contribution < -0.4 is 9.62 Å². The first-order valence-corrected chi connectivity index (χ1v) is 13.9. The van der Waals surface area contributed by atoms with Gasteiger partial charge in [-0.25, -0.2) is 22.1 Å². The van der Waals surface area contributed by atoms with Crippen molar-refractivity contribution < 1.29 is 58.6 Å². The van der Waals surface area contributed by atoms with Crippen LogP contribution in [0.1, 0.15) is 24.0 Å². The first kappa shape index (κ1) is 29.7. The number of anilines is 1. The Labute approximate surface area is 229 Å². The standard InChI is InChI=1S/C25H25F7N3O5S/c1-35(19-12-33-22(35)21(19)37)20(36)11-16-6-2-13-10-14(23(38,24(27,28)29)25(30,31)32)3-9-18(13)34(16)41(39,40)17-7-4-15(26)5-8-17/h3-5,7-10,16,19,21-22,33,37-38H,2,6,11-12H2,1H3/q+1/t16-,19+,21-,22?,35?/m0/s1. The molecule has 0 aliphatic carbocycles. The Balaban J connectivity index is 1.58. The molecule has 3 fully saturated rings. The van der Waals surface area contributed by atoms with Gasteiger partial charge in [-0.15, -0.1) is 0 Å². The lowest BCUT2D eigenvalue weighted by Crippen LogP contribution is -2.77. The summed E-state index contributed by atoms with van der Waals surface area (Å²) in [6, 6.07) is 3.61. The molecule has 6 rings (SSSR count). The molecule has 4 heterocycles. The maximum absolute atomic E-state index is 13.8. The van der Waals surface area contributed by atoms with Crippen LogP contribution in [0.2, 0.25) is 0 Å². The third kappa shape index (κ3) is 4.25. The van der Waals surface area contributed by atoms with E-state index in [-0.39, 0.29) is 35.0 Å². The summed E-state index contributed by atoms with van der Waals surface area (Å²) >= 11 is 0. The van der Waals surface area contributed by atoms with Crippen molar-refractivity contribution >= 4 is 21.6 Å². The highest BCUT2D eigenvalue weighted by atomic mass is 32.2. The number of nitrogens with zero attached hydrogens (tertiary/aromatic N) is 2. The minimum absolute atomic E-state index is 0.162. The van der Waals surface area contributed by atoms with Gasteiger partial charge in [0.1, 0.15) is 11.9 Å². The predicted molar refractivity (Wildman–Crippen MR) is 128 cm³/mol. The number of halogens is 7. The highest BCUT2D eigenvalue weighted by Gasteiger charge is 2.72. The highest BCUT2D eigenvalue weighted by molar-refractivity contribution is 7.92. The molecule has 2 unspecified atom stereocenters. The molecule has 4 aliphatic heterocycles. The first-order valence-electron chi connectivity index (χ1n) is 12.4. The van der Waals surface area contributed by atoms with E-state index in [1.807, 2.05) is 0 Å². The first-order chi connectivity index (χ1) is 18.8. The molecule has 2 aromatic rings. The van der Waals surface area contributed by atoms with Crippen molar-refractivity contribution in [2.45, 2.75) is 66.5 Å². The number of rotatable bonds is 5. The molecule has 16 heteroatoms. The number of hydrogen-bond donors (Lipinski definition) is 3. The number of sulfonamides is 1. The van der Waals surface area contributed by atoms with Crippen LogP contribution >= 0.6 is 0 Å². The third-order valence-electron chi connectivity index (χ3n) is 8.47. The number of hydrogen-bond acceptors (Lipinski definition) is 6. The van der Waals surface area contributed by atoms with Crippen LogP contribution in [0.4, 0.5) is 36.4 Å². The lowest BCUT2D eigenvalue weighted by molar-refractivity contribution is -0.927. The molecule has 5 atom stereocenters. The Morgan fingerprint density at radius 2 is 1.68 bits per heavy atom. The molecule has 1 amide bonds. The molecular formula is C25H25F7N3O5S+. The van der Waals surface area contributed by atoms with E-state index in [1.54, 1.807) is 7.05 Å². The monoisotopic (exact) mass is 612 g/mol. The average molecular weight is 613 g/mol. The van der Waals surface area contributed by atoms with Crippen molar-refractivity contribution in [1.82, 2.24) is 5.32 Å². The maximum atomic E-state index is 13.8. The molecule has 41 heavy (non-hydrogen) atoms. The molecule has 0 spiro atoms. The summed E-state index contributed by atoms with van der Waals surface area (Å²) < 4.78 is 123. The largest absolute Gasteiger partial charge is 0.430 e. The molecule has 8 nitrogen and oxygen atoms in total. The van der Waals surface area contributed by atoms with Gasteiger partial charge in [-0.2, -0.15) is 26.3 Å². The lowest BCUT2D eigenvalue weighted by Gasteiger charge is -2.50. The van der Waals surface area contributed by atoms with Gasteiger partial charge in [-0.1, -0.05) is 12.1 Å². The van der Waals surface area contributed by atoms with Crippen molar-refractivity contribution in [2.24, 2.45) is 0 Å². The third-order valence-corrected chi connectivity index (χ3v) is 10.4. The zero-order chi connectivity index (χ0) is 30.3. The lowest BCUT2D eigenvalue weighted by atomic mass is 9.87. The van der Waals surface area contributed by atoms with Gasteiger partial charge >= 0.3 is 18.3 Å². The Morgan fingerprint density at radius 3 is 2.20 bits per heavy atom. The van der Waals surface area contributed by atoms with Crippen LogP contribution in [0.5, 0.6) is 0 Å². The van der Waals surface area contributed by atoms with Crippen molar-refractivity contribution in [3.63, 3.8) is 0 Å². The SMILES string of the molecule is C[N+]1(C(=O)C[C@@H]2CCc3cc(C(O)(C(F)(F)F)C(F)(F)F)ccc3N2S(=O)(=O)c2ccc(F)cc2)C2NC[C@@H]1[C@@H]2O. The van der Waals surface area contributed by atoms with Crippen molar-refractivity contribution in [1.29, 1.82) is 0 Å². The number of fused-ring (bicyclic) bond motifs is 2. The zero-order valence-electron chi connectivity index (χ0n) is 21.2. The van der Waals surface area contributed by atoms with Gasteiger partial charge in [0.15, 0.2) is 12.3 Å². The van der Waals surface area contributed by atoms with E-state index in [9.17, 15) is 54.2 Å². The quantitative estimate of drug-likeness (QED) is 0.354. The summed E-state index contributed by atoms with van der Waals surface area (Å²) in [4.78, 5) is 13.0. The second-order valence-corrected chi connectivity index (χ2v) is 12.5. The van der Waals surface area contributed by atoms with E-state index in [2.05, 4.69) is 5.32 Å². The summed E-state index contributed by atoms with van der Waals surface area (Å²) in [6.07, 6.45) is -14.4. The number of carbonyl (C=O) groups excluding carboxylic acids is 1. The van der Waals surface area contributed by atoms with Crippen LogP contribution in [-0.4, -0.2) is 79.3 Å². The van der Waals surface area contributed by atoms with Crippen molar-refractivity contribution in [3.8, 4) is 0 Å². The number of alkyl halides is 6. The Bertz CT molecular complexity index is 1450. The molecular weight excluding hydrogens is 587 g/mol. The molecule has 2 bridgehead atoms. The molecule has 224 valence electrons. The number of benzene rings is 2. The zero-order valence-corrected chi connectivity index (χ0v) is 22.1. The van der Waals surface area contributed by atoms with Crippen LogP contribution in [0, 0.1) is 5.82 Å². The summed E-state index contributed by atoms with van der Waals surface area (Å²) in [5.41, 5.74) is -7.27. The fraction of sp³-hybridized carbons (Fsp3) is 0.480. The van der Waals surface area contributed by atoms with E-state index < -0.39 is 74.5 Å². The Kier molecular flexibility index (Phi) is 6.78. The van der Waals surface area contributed by atoms with Gasteiger partial charge < -0.3 is 10.2 Å². The molecule has 2 aromatic carbocycles. The van der Waals surface area contributed by atoms with E-state index in [4.69, 9.17) is 0 Å². The van der Waals surface area contributed by atoms with E-state index in [0.717, 1.165) is 34.6 Å². The molecule has 0 aromatic heterocycles. The van der Waals surface area contributed by atoms with Crippen molar-refractivity contribution in [2.75, 3.05) is 17.9 Å². The van der Waals surface area contributed by atoms with Crippen LogP contribution in [-0.2, 0) is 26.8 Å². The van der Waals surface area contributed by atoms with Crippen LogP contribution in [0.15, 0.2) is 47.4 Å². The fourth-order valence-corrected chi connectivity index (χ4v) is 7.85. The predicted octanol–water partition coefficient (Wildman–Crippen LogP) is 2.68. The minimum Gasteiger partial charge on any atom is -0.380 e. The molecule has 0 radical (unpaired) electrons. The van der Waals surface area contributed by atoms with Gasteiger partial charge in [0.05, 0.1) is 36.6 Å². The second kappa shape index (κ2) is 9.36. The summed E-state index contributed by atoms with van der Waals surface area (Å²) in [5.74, 6) is -1.18. The van der Waals surface area contributed by atoms with Gasteiger partial charge in [0.25, 0.3) is 15.6 Å². The molecule has 3 saturated heterocycles. The average Bonchev–Trinajstić information content (AvgIpc) is 3.46. The Hall–Kier alpha value is -2.79. The van der Waals surface area contributed by atoms with E-state index in [0.29, 0.717) is 18.7 Å². The van der Waals surface area contributed by atoms with Gasteiger partial charge in [-0.05, 0) is 48.7 Å². The number of amides is 1. The van der Waals surface area contributed by atoms with Crippen LogP contribution in [0.25, 0.3) is 0 Å². The van der Waals surface area contributed by atoms with Gasteiger partial charge in [0, 0.05) is 5.56 Å². The summed E-state index contributed by atoms with van der Waals surface area (Å²) in [7, 11) is -3.03. The van der Waals surface area contributed by atoms with Gasteiger partial charge in [0.2, 0.25) is 0 Å². The molecule has 3 N–H and O–H groups in total. The number of quaternary nitrogens is 1. The second-order valence-electron chi connectivity index (χ2n) is 10.7. The van der Waals surface area contributed by atoms with E-state index in [1.165, 1.54) is 0 Å². The van der Waals surface area contributed by atoms with E-state index >= 15 is 0 Å². The maximum Gasteiger partial charge on any atom is 0.430 e. The number of aliphatic hydroxyl groups excluding tert-OH is 1. The van der Waals surface area contributed by atoms with Crippen LogP contribution in [0.3, 0.4) is 0 Å². The van der Waals surface area contributed by atoms with Crippen molar-refractivity contribution in [3.05, 3.63) is 59.4 Å².